The molecule has 0 aliphatic carbocycles. The second-order valence-corrected chi connectivity index (χ2v) is 6.63. The lowest BCUT2D eigenvalue weighted by molar-refractivity contribution is -0.937. The van der Waals surface area contributed by atoms with Gasteiger partial charge >= 0.3 is 0 Å². The summed E-state index contributed by atoms with van der Waals surface area (Å²) in [5.74, 6) is 2.14. The monoisotopic (exact) mass is 359 g/mol. The van der Waals surface area contributed by atoms with Crippen molar-refractivity contribution >= 4 is 5.91 Å². The van der Waals surface area contributed by atoms with E-state index in [0.29, 0.717) is 17.9 Å². The van der Waals surface area contributed by atoms with Crippen LogP contribution in [0.5, 0.6) is 5.75 Å². The summed E-state index contributed by atoms with van der Waals surface area (Å²) in [6, 6.07) is 10.0. The van der Waals surface area contributed by atoms with Crippen molar-refractivity contribution in [2.45, 2.75) is 19.9 Å². The van der Waals surface area contributed by atoms with Crippen molar-refractivity contribution in [3.8, 4) is 5.75 Å². The molecule has 2 N–H and O–H groups in total. The average molecular weight is 359 g/mol. The highest BCUT2D eigenvalue weighted by atomic mass is 16.5. The van der Waals surface area contributed by atoms with Crippen LogP contribution in [-0.4, -0.2) is 45.9 Å². The molecule has 1 aromatic heterocycles. The van der Waals surface area contributed by atoms with Gasteiger partial charge in [0, 0.05) is 5.56 Å². The van der Waals surface area contributed by atoms with Crippen LogP contribution in [0.1, 0.15) is 33.5 Å². The summed E-state index contributed by atoms with van der Waals surface area (Å²) in [4.78, 5) is 14.0. The normalized spacial score (nSPS) is 16.3. The van der Waals surface area contributed by atoms with Crippen LogP contribution in [-0.2, 0) is 4.74 Å². The number of ether oxygens (including phenoxy) is 2. The number of benzene rings is 1. The van der Waals surface area contributed by atoms with Gasteiger partial charge in [-0.25, -0.2) is 0 Å². The van der Waals surface area contributed by atoms with Crippen molar-refractivity contribution in [3.63, 3.8) is 0 Å². The van der Waals surface area contributed by atoms with E-state index < -0.39 is 0 Å². The van der Waals surface area contributed by atoms with Crippen molar-refractivity contribution < 1.29 is 23.6 Å². The Kier molecular flexibility index (Phi) is 5.96. The molecular formula is C20H27N2O4+. The highest BCUT2D eigenvalue weighted by Crippen LogP contribution is 2.17. The summed E-state index contributed by atoms with van der Waals surface area (Å²) >= 11 is 0. The van der Waals surface area contributed by atoms with Gasteiger partial charge in [-0.2, -0.15) is 0 Å². The minimum absolute atomic E-state index is 0.0921. The van der Waals surface area contributed by atoms with Gasteiger partial charge in [0.1, 0.15) is 36.4 Å². The van der Waals surface area contributed by atoms with Crippen LogP contribution in [0.15, 0.2) is 34.7 Å². The summed E-state index contributed by atoms with van der Waals surface area (Å²) in [5.41, 5.74) is 1.79. The maximum atomic E-state index is 12.6. The third kappa shape index (κ3) is 4.26. The molecule has 0 spiro atoms. The minimum Gasteiger partial charge on any atom is -0.497 e. The van der Waals surface area contributed by atoms with Crippen LogP contribution in [0, 0.1) is 13.8 Å². The second-order valence-electron chi connectivity index (χ2n) is 6.63. The number of hydrogen-bond acceptors (Lipinski definition) is 4. The zero-order valence-electron chi connectivity index (χ0n) is 15.6. The predicted octanol–water partition coefficient (Wildman–Crippen LogP) is 1.29. The number of furan rings is 1. The first-order valence-electron chi connectivity index (χ1n) is 9.00. The fourth-order valence-corrected chi connectivity index (χ4v) is 3.46. The third-order valence-electron chi connectivity index (χ3n) is 4.90. The first kappa shape index (κ1) is 18.5. The van der Waals surface area contributed by atoms with Gasteiger partial charge in [-0.15, -0.1) is 0 Å². The van der Waals surface area contributed by atoms with E-state index in [1.54, 1.807) is 13.2 Å². The number of amides is 1. The van der Waals surface area contributed by atoms with Gasteiger partial charge in [0.2, 0.25) is 0 Å². The van der Waals surface area contributed by atoms with Crippen molar-refractivity contribution in [3.05, 3.63) is 53.0 Å². The molecule has 0 bridgehead atoms. The van der Waals surface area contributed by atoms with E-state index >= 15 is 0 Å². The van der Waals surface area contributed by atoms with Crippen LogP contribution < -0.4 is 15.0 Å². The molecule has 0 saturated carbocycles. The van der Waals surface area contributed by atoms with Gasteiger partial charge < -0.3 is 24.1 Å². The summed E-state index contributed by atoms with van der Waals surface area (Å²) in [5, 5.41) is 3.09. The Morgan fingerprint density at radius 2 is 1.92 bits per heavy atom. The summed E-state index contributed by atoms with van der Waals surface area (Å²) < 4.78 is 16.2. The lowest BCUT2D eigenvalue weighted by atomic mass is 10.0. The molecule has 0 unspecified atom stereocenters. The molecule has 1 amide bonds. The van der Waals surface area contributed by atoms with Crippen LogP contribution in [0.3, 0.4) is 0 Å². The highest BCUT2D eigenvalue weighted by molar-refractivity contribution is 5.95. The Morgan fingerprint density at radius 1 is 1.23 bits per heavy atom. The highest BCUT2D eigenvalue weighted by Gasteiger charge is 2.27. The number of hydrogen-bond donors (Lipinski definition) is 2. The fraction of sp³-hybridized carbons (Fsp3) is 0.450. The molecule has 1 aromatic carbocycles. The molecule has 1 atom stereocenters. The predicted molar refractivity (Wildman–Crippen MR) is 97.8 cm³/mol. The van der Waals surface area contributed by atoms with E-state index in [9.17, 15) is 4.79 Å². The van der Waals surface area contributed by atoms with Gasteiger partial charge in [0.25, 0.3) is 5.91 Å². The average Bonchev–Trinajstić information content (AvgIpc) is 3.01. The molecular weight excluding hydrogens is 332 g/mol. The number of morpholine rings is 1. The SMILES string of the molecule is COc1ccc([C@H](CNC(=O)c2cc(C)oc2C)[NH+]2CCOCC2)cc1. The van der Waals surface area contributed by atoms with Crippen molar-refractivity contribution in [2.75, 3.05) is 40.0 Å². The van der Waals surface area contributed by atoms with Crippen LogP contribution in [0.2, 0.25) is 0 Å². The molecule has 6 nitrogen and oxygen atoms in total. The van der Waals surface area contributed by atoms with Gasteiger partial charge in [0.15, 0.2) is 0 Å². The second kappa shape index (κ2) is 8.38. The van der Waals surface area contributed by atoms with E-state index in [2.05, 4.69) is 17.4 Å². The first-order chi connectivity index (χ1) is 12.6. The maximum absolute atomic E-state index is 12.6. The quantitative estimate of drug-likeness (QED) is 0.816. The Hall–Kier alpha value is -2.31. The largest absolute Gasteiger partial charge is 0.497 e. The molecule has 3 rings (SSSR count). The summed E-state index contributed by atoms with van der Waals surface area (Å²) in [6.45, 7) is 7.57. The van der Waals surface area contributed by atoms with Gasteiger partial charge in [-0.1, -0.05) is 0 Å². The molecule has 26 heavy (non-hydrogen) atoms. The number of methoxy groups -OCH3 is 1. The number of rotatable bonds is 6. The molecule has 1 aliphatic rings. The molecule has 1 saturated heterocycles. The standard InChI is InChI=1S/C20H26N2O4/c1-14-12-18(15(2)26-14)20(23)21-13-19(22-8-10-25-11-9-22)16-4-6-17(24-3)7-5-16/h4-7,12,19H,8-11,13H2,1-3H3,(H,21,23)/p+1/t19-/m0/s1. The number of quaternary nitrogens is 1. The molecule has 1 fully saturated rings. The molecule has 140 valence electrons. The molecule has 2 heterocycles. The Balaban J connectivity index is 1.74. The summed E-state index contributed by atoms with van der Waals surface area (Å²) in [7, 11) is 1.66. The maximum Gasteiger partial charge on any atom is 0.255 e. The zero-order chi connectivity index (χ0) is 18.5. The molecule has 6 heteroatoms. The smallest absolute Gasteiger partial charge is 0.255 e. The van der Waals surface area contributed by atoms with E-state index in [0.717, 1.165) is 37.8 Å². The first-order valence-corrected chi connectivity index (χ1v) is 9.00. The van der Waals surface area contributed by atoms with E-state index in [4.69, 9.17) is 13.9 Å². The van der Waals surface area contributed by atoms with Crippen LogP contribution >= 0.6 is 0 Å². The van der Waals surface area contributed by atoms with Crippen LogP contribution in [0.4, 0.5) is 0 Å². The Morgan fingerprint density at radius 3 is 2.50 bits per heavy atom. The number of aryl methyl sites for hydroxylation is 2. The molecule has 0 radical (unpaired) electrons. The Bertz CT molecular complexity index is 733. The molecule has 1 aliphatic heterocycles. The van der Waals surface area contributed by atoms with Gasteiger partial charge in [-0.3, -0.25) is 4.79 Å². The topological polar surface area (TPSA) is 65.1 Å². The van der Waals surface area contributed by atoms with Crippen molar-refractivity contribution in [1.82, 2.24) is 5.32 Å². The van der Waals surface area contributed by atoms with Crippen molar-refractivity contribution in [1.29, 1.82) is 0 Å². The van der Waals surface area contributed by atoms with Crippen LogP contribution in [0.25, 0.3) is 0 Å². The van der Waals surface area contributed by atoms with E-state index in [1.165, 1.54) is 10.5 Å². The summed E-state index contributed by atoms with van der Waals surface area (Å²) in [6.07, 6.45) is 0. The molecule has 2 aromatic rings. The van der Waals surface area contributed by atoms with E-state index in [-0.39, 0.29) is 11.9 Å². The zero-order valence-corrected chi connectivity index (χ0v) is 15.6. The number of carbonyl (C=O) groups excluding carboxylic acids is 1. The lowest BCUT2D eigenvalue weighted by Gasteiger charge is -2.32. The number of carbonyl (C=O) groups is 1. The number of nitrogens with one attached hydrogen (secondary N) is 2. The lowest BCUT2D eigenvalue weighted by Crippen LogP contribution is -3.15. The fourth-order valence-electron chi connectivity index (χ4n) is 3.46. The van der Waals surface area contributed by atoms with Gasteiger partial charge in [0.05, 0.1) is 32.4 Å². The van der Waals surface area contributed by atoms with Gasteiger partial charge in [-0.05, 0) is 44.2 Å². The third-order valence-corrected chi connectivity index (χ3v) is 4.90. The Labute approximate surface area is 154 Å². The van der Waals surface area contributed by atoms with Crippen molar-refractivity contribution in [2.24, 2.45) is 0 Å². The van der Waals surface area contributed by atoms with E-state index in [1.807, 2.05) is 26.0 Å². The minimum atomic E-state index is -0.0921.